The van der Waals surface area contributed by atoms with Crippen LogP contribution in [-0.4, -0.2) is 31.1 Å². The van der Waals surface area contributed by atoms with Crippen molar-refractivity contribution in [2.45, 2.75) is 46.5 Å². The summed E-state index contributed by atoms with van der Waals surface area (Å²) in [5, 5.41) is 0. The third kappa shape index (κ3) is 5.65. The largest absolute Gasteiger partial charge is 0.438 e. The highest BCUT2D eigenvalue weighted by atomic mass is 32.2. The molecular formula is C27H29N3O3S2. The van der Waals surface area contributed by atoms with Crippen LogP contribution in [0.3, 0.4) is 0 Å². The molecule has 0 saturated carbocycles. The fourth-order valence-corrected chi connectivity index (χ4v) is 5.29. The highest BCUT2D eigenvalue weighted by Gasteiger charge is 2.34. The first kappa shape index (κ1) is 25.1. The van der Waals surface area contributed by atoms with Crippen molar-refractivity contribution in [1.82, 2.24) is 14.3 Å². The molecular weight excluding hydrogens is 478 g/mol. The van der Waals surface area contributed by atoms with E-state index in [-0.39, 0.29) is 22.9 Å². The maximum Gasteiger partial charge on any atom is 0.269 e. The number of unbranched alkanes of at least 4 members (excludes halogenated alkanes) is 1. The number of hydrogen-bond donors (Lipinski definition) is 0. The number of fused-ring (bicyclic) bond motifs is 1. The smallest absolute Gasteiger partial charge is 0.269 e. The molecule has 6 nitrogen and oxygen atoms in total. The second kappa shape index (κ2) is 11.2. The van der Waals surface area contributed by atoms with Crippen molar-refractivity contribution < 1.29 is 9.53 Å². The minimum absolute atomic E-state index is 0.159. The maximum absolute atomic E-state index is 13.4. The van der Waals surface area contributed by atoms with E-state index in [1.807, 2.05) is 37.3 Å². The van der Waals surface area contributed by atoms with Gasteiger partial charge in [0.25, 0.3) is 11.5 Å². The van der Waals surface area contributed by atoms with E-state index in [9.17, 15) is 9.59 Å². The normalized spacial score (nSPS) is 15.9. The lowest BCUT2D eigenvalue weighted by atomic mass is 9.99. The van der Waals surface area contributed by atoms with E-state index in [2.05, 4.69) is 18.8 Å². The van der Waals surface area contributed by atoms with E-state index >= 15 is 0 Å². The molecule has 0 N–H and O–H groups in total. The maximum atomic E-state index is 13.4. The fourth-order valence-electron chi connectivity index (χ4n) is 4.04. The van der Waals surface area contributed by atoms with Crippen LogP contribution in [0, 0.1) is 12.8 Å². The van der Waals surface area contributed by atoms with Crippen LogP contribution in [0.1, 0.15) is 50.7 Å². The number of aromatic nitrogens is 2. The predicted molar refractivity (Wildman–Crippen MR) is 146 cm³/mol. The van der Waals surface area contributed by atoms with E-state index in [0.29, 0.717) is 33.1 Å². The Kier molecular flexibility index (Phi) is 8.03. The van der Waals surface area contributed by atoms with Gasteiger partial charge in [0, 0.05) is 12.7 Å². The Balaban J connectivity index is 1.72. The molecule has 0 aliphatic carbocycles. The number of rotatable bonds is 9. The summed E-state index contributed by atoms with van der Waals surface area (Å²) in [6, 6.07) is 12.9. The molecule has 1 unspecified atom stereocenters. The minimum Gasteiger partial charge on any atom is -0.438 e. The SMILES string of the molecule is CCCCC(CC)CN1C(=O)/C(=C\c2c(Oc3cccc(C)c3)nc3ccccn3c2=O)SC1=S. The van der Waals surface area contributed by atoms with Crippen molar-refractivity contribution in [3.63, 3.8) is 0 Å². The average Bonchev–Trinajstić information content (AvgIpc) is 3.11. The Labute approximate surface area is 215 Å². The molecule has 2 aromatic heterocycles. The number of carbonyl (C=O) groups excluding carboxylic acids is 1. The Morgan fingerprint density at radius 1 is 1.17 bits per heavy atom. The second-order valence-corrected chi connectivity index (χ2v) is 10.4. The standard InChI is InChI=1S/C27H29N3O3S2/c1-4-6-11-19(5-2)17-30-26(32)22(35-27(30)34)16-21-24(33-20-12-9-10-18(3)15-20)28-23-13-7-8-14-29(23)25(21)31/h7-10,12-16,19H,4-6,11,17H2,1-3H3/b22-16+. The number of amides is 1. The molecule has 1 amide bonds. The van der Waals surface area contributed by atoms with E-state index in [4.69, 9.17) is 17.0 Å². The lowest BCUT2D eigenvalue weighted by molar-refractivity contribution is -0.122. The zero-order valence-electron chi connectivity index (χ0n) is 20.2. The van der Waals surface area contributed by atoms with Crippen LogP contribution in [0.5, 0.6) is 11.6 Å². The Bertz CT molecular complexity index is 1350. The molecule has 1 fully saturated rings. The van der Waals surface area contributed by atoms with Crippen molar-refractivity contribution >= 4 is 45.9 Å². The zero-order valence-corrected chi connectivity index (χ0v) is 21.8. The quantitative estimate of drug-likeness (QED) is 0.253. The summed E-state index contributed by atoms with van der Waals surface area (Å²) in [7, 11) is 0. The topological polar surface area (TPSA) is 63.9 Å². The molecule has 1 aliphatic heterocycles. The van der Waals surface area contributed by atoms with Gasteiger partial charge in [0.15, 0.2) is 0 Å². The minimum atomic E-state index is -0.307. The van der Waals surface area contributed by atoms with Crippen LogP contribution < -0.4 is 10.3 Å². The van der Waals surface area contributed by atoms with Crippen LogP contribution in [0.15, 0.2) is 58.4 Å². The van der Waals surface area contributed by atoms with Gasteiger partial charge in [-0.2, -0.15) is 4.98 Å². The van der Waals surface area contributed by atoms with Crippen molar-refractivity contribution in [1.29, 1.82) is 0 Å². The molecule has 0 radical (unpaired) electrons. The molecule has 0 bridgehead atoms. The van der Waals surface area contributed by atoms with Gasteiger partial charge in [-0.15, -0.1) is 0 Å². The Hall–Kier alpha value is -2.97. The van der Waals surface area contributed by atoms with Gasteiger partial charge in [-0.05, 0) is 55.2 Å². The second-order valence-electron chi connectivity index (χ2n) is 8.69. The molecule has 1 saturated heterocycles. The molecule has 1 atom stereocenters. The van der Waals surface area contributed by atoms with E-state index in [0.717, 1.165) is 31.2 Å². The molecule has 3 aromatic rings. The summed E-state index contributed by atoms with van der Waals surface area (Å²) in [4.78, 5) is 33.4. The number of ether oxygens (including phenoxy) is 1. The number of aryl methyl sites for hydroxylation is 1. The van der Waals surface area contributed by atoms with Crippen LogP contribution >= 0.6 is 24.0 Å². The van der Waals surface area contributed by atoms with Gasteiger partial charge in [0.1, 0.15) is 21.3 Å². The lowest BCUT2D eigenvalue weighted by Crippen LogP contribution is -2.33. The third-order valence-corrected chi connectivity index (χ3v) is 7.45. The molecule has 3 heterocycles. The third-order valence-electron chi connectivity index (χ3n) is 6.07. The number of thioether (sulfide) groups is 1. The van der Waals surface area contributed by atoms with Gasteiger partial charge in [-0.25, -0.2) is 0 Å². The monoisotopic (exact) mass is 507 g/mol. The van der Waals surface area contributed by atoms with Gasteiger partial charge in [0.05, 0.1) is 4.91 Å². The fraction of sp³-hybridized carbons (Fsp3) is 0.333. The van der Waals surface area contributed by atoms with Crippen molar-refractivity contribution in [3.8, 4) is 11.6 Å². The van der Waals surface area contributed by atoms with E-state index < -0.39 is 0 Å². The summed E-state index contributed by atoms with van der Waals surface area (Å²) < 4.78 is 8.04. The lowest BCUT2D eigenvalue weighted by Gasteiger charge is -2.21. The van der Waals surface area contributed by atoms with Crippen LogP contribution in [0.4, 0.5) is 0 Å². The van der Waals surface area contributed by atoms with E-state index in [1.54, 1.807) is 29.3 Å². The first-order valence-corrected chi connectivity index (χ1v) is 13.1. The summed E-state index contributed by atoms with van der Waals surface area (Å²) in [5.74, 6) is 0.950. The average molecular weight is 508 g/mol. The number of carbonyl (C=O) groups is 1. The highest BCUT2D eigenvalue weighted by Crippen LogP contribution is 2.35. The van der Waals surface area contributed by atoms with Gasteiger partial charge >= 0.3 is 0 Å². The number of nitrogens with zero attached hydrogens (tertiary/aromatic N) is 3. The number of benzene rings is 1. The van der Waals surface area contributed by atoms with E-state index in [1.165, 1.54) is 16.2 Å². The van der Waals surface area contributed by atoms with Crippen molar-refractivity contribution in [2.75, 3.05) is 6.54 Å². The molecule has 35 heavy (non-hydrogen) atoms. The number of thiocarbonyl (C=S) groups is 1. The molecule has 182 valence electrons. The molecule has 4 rings (SSSR count). The highest BCUT2D eigenvalue weighted by molar-refractivity contribution is 8.26. The van der Waals surface area contributed by atoms with Crippen LogP contribution in [0.25, 0.3) is 11.7 Å². The summed E-state index contributed by atoms with van der Waals surface area (Å²) in [6.45, 7) is 6.87. The van der Waals surface area contributed by atoms with Crippen molar-refractivity contribution in [3.05, 3.63) is 75.0 Å². The van der Waals surface area contributed by atoms with Gasteiger partial charge in [-0.1, -0.05) is 75.3 Å². The molecule has 1 aliphatic rings. The molecule has 8 heteroatoms. The number of pyridine rings is 1. The molecule has 0 spiro atoms. The summed E-state index contributed by atoms with van der Waals surface area (Å²) >= 11 is 6.77. The van der Waals surface area contributed by atoms with Gasteiger partial charge in [-0.3, -0.25) is 18.9 Å². The zero-order chi connectivity index (χ0) is 24.9. The van der Waals surface area contributed by atoms with Crippen LogP contribution in [0.2, 0.25) is 0 Å². The van der Waals surface area contributed by atoms with Crippen molar-refractivity contribution in [2.24, 2.45) is 5.92 Å². The van der Waals surface area contributed by atoms with Crippen LogP contribution in [-0.2, 0) is 4.79 Å². The Morgan fingerprint density at radius 3 is 2.74 bits per heavy atom. The first-order valence-electron chi connectivity index (χ1n) is 11.9. The first-order chi connectivity index (χ1) is 16.9. The van der Waals surface area contributed by atoms with Gasteiger partial charge < -0.3 is 4.74 Å². The Morgan fingerprint density at radius 2 is 2.00 bits per heavy atom. The van der Waals surface area contributed by atoms with Gasteiger partial charge in [0.2, 0.25) is 5.88 Å². The number of hydrogen-bond acceptors (Lipinski definition) is 6. The summed E-state index contributed by atoms with van der Waals surface area (Å²) in [6.07, 6.45) is 7.53. The molecule has 1 aromatic carbocycles. The summed E-state index contributed by atoms with van der Waals surface area (Å²) in [5.41, 5.74) is 1.40. The predicted octanol–water partition coefficient (Wildman–Crippen LogP) is 6.21.